The van der Waals surface area contributed by atoms with E-state index in [-0.39, 0.29) is 0 Å². The minimum Gasteiger partial charge on any atom is -0.503 e. The molecule has 1 aromatic carbocycles. The van der Waals surface area contributed by atoms with Crippen LogP contribution in [0.15, 0.2) is 0 Å². The number of phenolic OH excluding ortho intramolecular Hbond substituents is 1. The van der Waals surface area contributed by atoms with Crippen LogP contribution in [-0.4, -0.2) is 10.2 Å². The number of benzene rings is 1. The van der Waals surface area contributed by atoms with Crippen LogP contribution in [0.1, 0.15) is 18.6 Å². The van der Waals surface area contributed by atoms with Crippen LogP contribution in [0.4, 0.5) is 17.6 Å². The molecule has 1 unspecified atom stereocenters. The van der Waals surface area contributed by atoms with Gasteiger partial charge < -0.3 is 10.2 Å². The van der Waals surface area contributed by atoms with Crippen LogP contribution in [0.3, 0.4) is 0 Å². The number of rotatable bonds is 1. The van der Waals surface area contributed by atoms with Crippen LogP contribution in [0.5, 0.6) is 5.75 Å². The third-order valence-corrected chi connectivity index (χ3v) is 1.69. The summed E-state index contributed by atoms with van der Waals surface area (Å²) >= 11 is 0. The topological polar surface area (TPSA) is 40.5 Å². The Bertz CT molecular complexity index is 347. The van der Waals surface area contributed by atoms with E-state index in [9.17, 15) is 17.6 Å². The van der Waals surface area contributed by atoms with Gasteiger partial charge in [-0.25, -0.2) is 8.78 Å². The molecular weight excluding hydrogens is 204 g/mol. The molecule has 0 heterocycles. The molecule has 0 aliphatic carbocycles. The molecule has 0 radical (unpaired) electrons. The highest BCUT2D eigenvalue weighted by atomic mass is 19.2. The van der Waals surface area contributed by atoms with Crippen molar-refractivity contribution in [2.24, 2.45) is 0 Å². The molecular formula is C8H6F4O2. The van der Waals surface area contributed by atoms with Crippen molar-refractivity contribution < 1.29 is 27.8 Å². The van der Waals surface area contributed by atoms with Gasteiger partial charge in [-0.1, -0.05) is 0 Å². The maximum Gasteiger partial charge on any atom is 0.204 e. The number of aliphatic hydroxyl groups excluding tert-OH is 1. The molecule has 2 nitrogen and oxygen atoms in total. The van der Waals surface area contributed by atoms with E-state index in [1.807, 2.05) is 0 Å². The number of aromatic hydroxyl groups is 1. The van der Waals surface area contributed by atoms with Crippen molar-refractivity contribution in [2.75, 3.05) is 0 Å². The molecule has 0 aromatic heterocycles. The van der Waals surface area contributed by atoms with Gasteiger partial charge >= 0.3 is 0 Å². The second kappa shape index (κ2) is 3.45. The van der Waals surface area contributed by atoms with Crippen molar-refractivity contribution >= 4 is 0 Å². The average molecular weight is 210 g/mol. The lowest BCUT2D eigenvalue weighted by Gasteiger charge is -2.10. The second-order valence-electron chi connectivity index (χ2n) is 2.69. The Kier molecular flexibility index (Phi) is 2.66. The average Bonchev–Trinajstić information content (AvgIpc) is 2.11. The van der Waals surface area contributed by atoms with E-state index in [0.717, 1.165) is 6.92 Å². The molecule has 0 fully saturated rings. The molecule has 0 aliphatic rings. The third-order valence-electron chi connectivity index (χ3n) is 1.69. The molecule has 0 aliphatic heterocycles. The molecule has 0 saturated heterocycles. The van der Waals surface area contributed by atoms with E-state index in [2.05, 4.69) is 0 Å². The maximum atomic E-state index is 12.9. The monoisotopic (exact) mass is 210 g/mol. The highest BCUT2D eigenvalue weighted by Crippen LogP contribution is 2.31. The first kappa shape index (κ1) is 10.8. The van der Waals surface area contributed by atoms with E-state index in [1.54, 1.807) is 0 Å². The van der Waals surface area contributed by atoms with E-state index in [1.165, 1.54) is 0 Å². The van der Waals surface area contributed by atoms with Crippen LogP contribution in [0, 0.1) is 23.3 Å². The minimum absolute atomic E-state index is 0.942. The summed E-state index contributed by atoms with van der Waals surface area (Å²) in [5.41, 5.74) is -1.14. The molecule has 1 atom stereocenters. The fraction of sp³-hybridized carbons (Fsp3) is 0.250. The Morgan fingerprint density at radius 1 is 0.929 bits per heavy atom. The molecule has 6 heteroatoms. The summed E-state index contributed by atoms with van der Waals surface area (Å²) in [5.74, 6) is -9.16. The van der Waals surface area contributed by atoms with Gasteiger partial charge in [0, 0.05) is 0 Å². The predicted octanol–water partition coefficient (Wildman–Crippen LogP) is 2.00. The first-order valence-corrected chi connectivity index (χ1v) is 3.60. The lowest BCUT2D eigenvalue weighted by atomic mass is 10.1. The van der Waals surface area contributed by atoms with Gasteiger partial charge in [-0.05, 0) is 6.92 Å². The highest BCUT2D eigenvalue weighted by molar-refractivity contribution is 5.34. The number of hydrogen-bond donors (Lipinski definition) is 2. The van der Waals surface area contributed by atoms with E-state index >= 15 is 0 Å². The molecule has 78 valence electrons. The summed E-state index contributed by atoms with van der Waals surface area (Å²) in [6, 6.07) is 0. The van der Waals surface area contributed by atoms with Crippen LogP contribution >= 0.6 is 0 Å². The first-order chi connectivity index (χ1) is 6.37. The van der Waals surface area contributed by atoms with E-state index in [4.69, 9.17) is 10.2 Å². The van der Waals surface area contributed by atoms with E-state index in [0.29, 0.717) is 0 Å². The second-order valence-corrected chi connectivity index (χ2v) is 2.69. The predicted molar refractivity (Wildman–Crippen MR) is 38.6 cm³/mol. The Hall–Kier alpha value is -1.30. The zero-order valence-electron chi connectivity index (χ0n) is 6.98. The van der Waals surface area contributed by atoms with Gasteiger partial charge in [0.2, 0.25) is 11.6 Å². The van der Waals surface area contributed by atoms with Crippen molar-refractivity contribution in [3.63, 3.8) is 0 Å². The van der Waals surface area contributed by atoms with Crippen LogP contribution in [0.25, 0.3) is 0 Å². The van der Waals surface area contributed by atoms with Gasteiger partial charge in [0.25, 0.3) is 0 Å². The Labute approximate surface area is 76.4 Å². The summed E-state index contributed by atoms with van der Waals surface area (Å²) in [5, 5.41) is 17.4. The molecule has 0 amide bonds. The van der Waals surface area contributed by atoms with Crippen molar-refractivity contribution in [1.29, 1.82) is 0 Å². The number of hydrogen-bond acceptors (Lipinski definition) is 2. The Balaban J connectivity index is 3.60. The normalized spacial score (nSPS) is 13.0. The standard InChI is InChI=1S/C8H6F4O2/c1-2(13)3-4(9)6(11)8(14)7(12)5(3)10/h2,13-14H,1H3. The van der Waals surface area contributed by atoms with Gasteiger partial charge in [0.15, 0.2) is 17.4 Å². The van der Waals surface area contributed by atoms with Gasteiger partial charge in [-0.2, -0.15) is 8.78 Å². The highest BCUT2D eigenvalue weighted by Gasteiger charge is 2.27. The summed E-state index contributed by atoms with van der Waals surface area (Å²) in [7, 11) is 0. The lowest BCUT2D eigenvalue weighted by Crippen LogP contribution is -2.06. The Morgan fingerprint density at radius 2 is 1.29 bits per heavy atom. The van der Waals surface area contributed by atoms with Crippen molar-refractivity contribution in [1.82, 2.24) is 0 Å². The lowest BCUT2D eigenvalue weighted by molar-refractivity contribution is 0.183. The molecule has 0 spiro atoms. The van der Waals surface area contributed by atoms with Crippen molar-refractivity contribution in [2.45, 2.75) is 13.0 Å². The van der Waals surface area contributed by atoms with Crippen molar-refractivity contribution in [3.8, 4) is 5.75 Å². The number of phenols is 1. The molecule has 2 N–H and O–H groups in total. The fourth-order valence-electron chi connectivity index (χ4n) is 1.00. The van der Waals surface area contributed by atoms with Gasteiger partial charge in [0.05, 0.1) is 11.7 Å². The number of halogens is 4. The Morgan fingerprint density at radius 3 is 1.57 bits per heavy atom. The van der Waals surface area contributed by atoms with Crippen LogP contribution in [-0.2, 0) is 0 Å². The van der Waals surface area contributed by atoms with Crippen LogP contribution in [0.2, 0.25) is 0 Å². The SMILES string of the molecule is CC(O)c1c(F)c(F)c(O)c(F)c1F. The molecule has 1 rings (SSSR count). The molecule has 0 saturated carbocycles. The number of aliphatic hydroxyl groups is 1. The van der Waals surface area contributed by atoms with E-state index < -0.39 is 40.7 Å². The largest absolute Gasteiger partial charge is 0.503 e. The molecule has 1 aromatic rings. The molecule has 0 bridgehead atoms. The van der Waals surface area contributed by atoms with Crippen LogP contribution < -0.4 is 0 Å². The summed E-state index contributed by atoms with van der Waals surface area (Å²) in [4.78, 5) is 0. The maximum absolute atomic E-state index is 12.9. The third kappa shape index (κ3) is 1.41. The summed E-state index contributed by atoms with van der Waals surface area (Å²) in [6.45, 7) is 0.942. The summed E-state index contributed by atoms with van der Waals surface area (Å²) in [6.07, 6.45) is -1.71. The molecule has 14 heavy (non-hydrogen) atoms. The smallest absolute Gasteiger partial charge is 0.204 e. The first-order valence-electron chi connectivity index (χ1n) is 3.60. The minimum atomic E-state index is -1.92. The van der Waals surface area contributed by atoms with Gasteiger partial charge in [0.1, 0.15) is 0 Å². The summed E-state index contributed by atoms with van der Waals surface area (Å²) < 4.78 is 51.0. The van der Waals surface area contributed by atoms with Crippen molar-refractivity contribution in [3.05, 3.63) is 28.8 Å². The quantitative estimate of drug-likeness (QED) is 0.549. The van der Waals surface area contributed by atoms with Gasteiger partial charge in [-0.3, -0.25) is 0 Å². The zero-order chi connectivity index (χ0) is 11.0. The fourth-order valence-corrected chi connectivity index (χ4v) is 1.00. The van der Waals surface area contributed by atoms with Gasteiger partial charge in [-0.15, -0.1) is 0 Å². The zero-order valence-corrected chi connectivity index (χ0v) is 6.98.